The van der Waals surface area contributed by atoms with Crippen LogP contribution in [0.5, 0.6) is 0 Å². The molecule has 21 heavy (non-hydrogen) atoms. The van der Waals surface area contributed by atoms with Crippen molar-refractivity contribution in [1.29, 1.82) is 0 Å². The molecule has 0 spiro atoms. The van der Waals surface area contributed by atoms with Gasteiger partial charge in [0.2, 0.25) is 0 Å². The number of carboxylic acid groups (broad SMARTS) is 1. The molecule has 0 saturated heterocycles. The molecule has 0 radical (unpaired) electrons. The summed E-state index contributed by atoms with van der Waals surface area (Å²) in [5, 5.41) is 11.4. The average Bonchev–Trinajstić information content (AvgIpc) is 2.42. The lowest BCUT2D eigenvalue weighted by Gasteiger charge is -2.15. The Morgan fingerprint density at radius 1 is 1.38 bits per heavy atom. The number of amides is 1. The third kappa shape index (κ3) is 4.71. The van der Waals surface area contributed by atoms with E-state index in [2.05, 4.69) is 11.9 Å². The second kappa shape index (κ2) is 7.03. The van der Waals surface area contributed by atoms with E-state index in [9.17, 15) is 18.0 Å². The summed E-state index contributed by atoms with van der Waals surface area (Å²) in [6.07, 6.45) is 3.15. The van der Waals surface area contributed by atoms with Crippen molar-refractivity contribution in [3.05, 3.63) is 42.5 Å². The van der Waals surface area contributed by atoms with Crippen LogP contribution in [0.1, 0.15) is 23.2 Å². The van der Waals surface area contributed by atoms with Gasteiger partial charge in [0.25, 0.3) is 5.91 Å². The minimum absolute atomic E-state index is 0.0650. The largest absolute Gasteiger partial charge is 0.480 e. The third-order valence-corrected chi connectivity index (χ3v) is 3.95. The smallest absolute Gasteiger partial charge is 0.326 e. The molecule has 0 aliphatic rings. The molecule has 1 aromatic rings. The maximum Gasteiger partial charge on any atom is 0.326 e. The van der Waals surface area contributed by atoms with Gasteiger partial charge >= 0.3 is 5.97 Å². The van der Waals surface area contributed by atoms with Gasteiger partial charge in [0.05, 0.1) is 10.5 Å². The Labute approximate surface area is 123 Å². The van der Waals surface area contributed by atoms with Crippen LogP contribution < -0.4 is 5.32 Å². The maximum absolute atomic E-state index is 12.1. The minimum atomic E-state index is -3.58. The minimum Gasteiger partial charge on any atom is -0.480 e. The monoisotopic (exact) mass is 311 g/mol. The quantitative estimate of drug-likeness (QED) is 0.738. The third-order valence-electron chi connectivity index (χ3n) is 2.79. The van der Waals surface area contributed by atoms with Gasteiger partial charge in [0, 0.05) is 6.26 Å². The summed E-state index contributed by atoms with van der Waals surface area (Å²) in [6, 6.07) is 4.58. The van der Waals surface area contributed by atoms with Crippen LogP contribution in [0.4, 0.5) is 0 Å². The zero-order valence-corrected chi connectivity index (χ0v) is 12.4. The Kier molecular flexibility index (Phi) is 5.66. The summed E-state index contributed by atoms with van der Waals surface area (Å²) in [5.41, 5.74) is -0.0650. The highest BCUT2D eigenvalue weighted by Crippen LogP contribution is 2.15. The number of sulfone groups is 1. The molecule has 114 valence electrons. The first-order valence-electron chi connectivity index (χ1n) is 6.21. The van der Waals surface area contributed by atoms with Crippen molar-refractivity contribution in [2.24, 2.45) is 0 Å². The van der Waals surface area contributed by atoms with Crippen LogP contribution in [-0.4, -0.2) is 37.7 Å². The van der Waals surface area contributed by atoms with E-state index in [0.29, 0.717) is 6.42 Å². The Hall–Kier alpha value is -2.15. The molecule has 0 aliphatic heterocycles. The van der Waals surface area contributed by atoms with E-state index in [4.69, 9.17) is 5.11 Å². The van der Waals surface area contributed by atoms with Crippen LogP contribution in [0.15, 0.2) is 41.8 Å². The van der Waals surface area contributed by atoms with Gasteiger partial charge in [-0.15, -0.1) is 6.58 Å². The fourth-order valence-electron chi connectivity index (χ4n) is 1.76. The fourth-order valence-corrected chi connectivity index (χ4v) is 2.64. The first kappa shape index (κ1) is 16.9. The summed E-state index contributed by atoms with van der Waals surface area (Å²) in [7, 11) is -3.58. The van der Waals surface area contributed by atoms with Crippen molar-refractivity contribution in [2.75, 3.05) is 6.26 Å². The number of nitrogens with one attached hydrogen (secondary N) is 1. The van der Waals surface area contributed by atoms with Crippen molar-refractivity contribution in [3.63, 3.8) is 0 Å². The molecule has 2 N–H and O–H groups in total. The van der Waals surface area contributed by atoms with Crippen LogP contribution in [0, 0.1) is 0 Å². The lowest BCUT2D eigenvalue weighted by Crippen LogP contribution is -2.41. The molecule has 1 amide bonds. The van der Waals surface area contributed by atoms with Gasteiger partial charge < -0.3 is 10.4 Å². The molecule has 1 aromatic carbocycles. The summed E-state index contributed by atoms with van der Waals surface area (Å²) >= 11 is 0. The number of hydrogen-bond donors (Lipinski definition) is 2. The van der Waals surface area contributed by atoms with E-state index in [1.165, 1.54) is 24.3 Å². The van der Waals surface area contributed by atoms with Crippen LogP contribution >= 0.6 is 0 Å². The molecule has 0 aromatic heterocycles. The number of carbonyl (C=O) groups excluding carboxylic acids is 1. The van der Waals surface area contributed by atoms with Crippen LogP contribution in [0.25, 0.3) is 0 Å². The van der Waals surface area contributed by atoms with Gasteiger partial charge in [0.1, 0.15) is 6.04 Å². The van der Waals surface area contributed by atoms with E-state index in [1.807, 2.05) is 0 Å². The maximum atomic E-state index is 12.1. The van der Waals surface area contributed by atoms with Crippen LogP contribution in [0.3, 0.4) is 0 Å². The Bertz CT molecular complexity index is 651. The number of hydrogen-bond acceptors (Lipinski definition) is 4. The highest BCUT2D eigenvalue weighted by Gasteiger charge is 2.23. The van der Waals surface area contributed by atoms with Crippen LogP contribution in [0.2, 0.25) is 0 Å². The zero-order chi connectivity index (χ0) is 16.0. The topological polar surface area (TPSA) is 101 Å². The molecule has 0 bridgehead atoms. The predicted molar refractivity (Wildman–Crippen MR) is 77.9 cm³/mol. The van der Waals surface area contributed by atoms with Crippen molar-refractivity contribution in [3.8, 4) is 0 Å². The highest BCUT2D eigenvalue weighted by atomic mass is 32.2. The second-order valence-corrected chi connectivity index (χ2v) is 6.48. The molecule has 1 atom stereocenters. The van der Waals surface area contributed by atoms with E-state index in [1.54, 1.807) is 6.08 Å². The average molecular weight is 311 g/mol. The lowest BCUT2D eigenvalue weighted by atomic mass is 10.1. The van der Waals surface area contributed by atoms with Crippen molar-refractivity contribution in [1.82, 2.24) is 5.32 Å². The van der Waals surface area contributed by atoms with Gasteiger partial charge in [-0.2, -0.15) is 0 Å². The van der Waals surface area contributed by atoms with Crippen molar-refractivity contribution >= 4 is 21.7 Å². The molecule has 1 rings (SSSR count). The number of carbonyl (C=O) groups is 2. The van der Waals surface area contributed by atoms with Gasteiger partial charge in [0.15, 0.2) is 9.84 Å². The molecule has 0 aliphatic carbocycles. The van der Waals surface area contributed by atoms with E-state index in [-0.39, 0.29) is 16.9 Å². The molecule has 0 heterocycles. The number of allylic oxidation sites excluding steroid dienone is 1. The lowest BCUT2D eigenvalue weighted by molar-refractivity contribution is -0.139. The Morgan fingerprint density at radius 2 is 2.00 bits per heavy atom. The standard InChI is InChI=1S/C14H17NO5S/c1-3-4-8-11(14(17)18)15-13(16)10-7-5-6-9-12(10)21(2,19)20/h3,5-7,9,11H,1,4,8H2,2H3,(H,15,16)(H,17,18). The first-order valence-corrected chi connectivity index (χ1v) is 8.10. The molecule has 0 fully saturated rings. The molecule has 6 nitrogen and oxygen atoms in total. The van der Waals surface area contributed by atoms with Gasteiger partial charge in [-0.25, -0.2) is 13.2 Å². The van der Waals surface area contributed by atoms with E-state index < -0.39 is 27.8 Å². The number of rotatable bonds is 7. The molecular formula is C14H17NO5S. The number of carboxylic acids is 1. The summed E-state index contributed by atoms with van der Waals surface area (Å²) in [5.74, 6) is -1.91. The number of benzene rings is 1. The predicted octanol–water partition coefficient (Wildman–Crippen LogP) is 1.24. The molecule has 1 unspecified atom stereocenters. The highest BCUT2D eigenvalue weighted by molar-refractivity contribution is 7.90. The molecular weight excluding hydrogens is 294 g/mol. The van der Waals surface area contributed by atoms with E-state index in [0.717, 1.165) is 6.26 Å². The summed E-state index contributed by atoms with van der Waals surface area (Å²) < 4.78 is 23.3. The van der Waals surface area contributed by atoms with E-state index >= 15 is 0 Å². The first-order chi connectivity index (χ1) is 9.77. The van der Waals surface area contributed by atoms with Crippen LogP contribution in [-0.2, 0) is 14.6 Å². The van der Waals surface area contributed by atoms with Gasteiger partial charge in [-0.05, 0) is 25.0 Å². The van der Waals surface area contributed by atoms with Crippen molar-refractivity contribution < 1.29 is 23.1 Å². The molecule has 0 saturated carbocycles. The van der Waals surface area contributed by atoms with Gasteiger partial charge in [-0.3, -0.25) is 4.79 Å². The SMILES string of the molecule is C=CCCC(NC(=O)c1ccccc1S(C)(=O)=O)C(=O)O. The summed E-state index contributed by atoms with van der Waals surface area (Å²) in [6.45, 7) is 3.49. The Morgan fingerprint density at radius 3 is 2.52 bits per heavy atom. The van der Waals surface area contributed by atoms with Gasteiger partial charge in [-0.1, -0.05) is 18.2 Å². The molecule has 7 heteroatoms. The Balaban J connectivity index is 3.04. The normalized spacial score (nSPS) is 12.4. The fraction of sp³-hybridized carbons (Fsp3) is 0.286. The second-order valence-electron chi connectivity index (χ2n) is 4.50. The number of aliphatic carboxylic acids is 1. The van der Waals surface area contributed by atoms with Crippen molar-refractivity contribution in [2.45, 2.75) is 23.8 Å². The summed E-state index contributed by atoms with van der Waals surface area (Å²) in [4.78, 5) is 23.1. The zero-order valence-electron chi connectivity index (χ0n) is 11.6.